The number of rotatable bonds is 24. The van der Waals surface area contributed by atoms with Crippen molar-refractivity contribution in [1.29, 1.82) is 0 Å². The fraction of sp³-hybridized carbons (Fsp3) is 0.867. The van der Waals surface area contributed by atoms with Gasteiger partial charge in [0.2, 0.25) is 0 Å². The number of hydrogen-bond acceptors (Lipinski definition) is 2. The molecular formula is C30H60O2. The second-order valence-electron chi connectivity index (χ2n) is 9.20. The first-order valence-corrected chi connectivity index (χ1v) is 14.3. The minimum atomic E-state index is 0.361. The average Bonchev–Trinajstić information content (AvgIpc) is 2.81. The molecule has 0 radical (unpaired) electrons. The van der Waals surface area contributed by atoms with Gasteiger partial charge < -0.3 is 10.2 Å². The van der Waals surface area contributed by atoms with Crippen molar-refractivity contribution >= 4 is 0 Å². The van der Waals surface area contributed by atoms with Gasteiger partial charge in [-0.15, -0.1) is 0 Å². The monoisotopic (exact) mass is 452 g/mol. The van der Waals surface area contributed by atoms with E-state index in [2.05, 4.69) is 38.2 Å². The van der Waals surface area contributed by atoms with E-state index in [1.807, 2.05) is 0 Å². The molecule has 0 amide bonds. The summed E-state index contributed by atoms with van der Waals surface area (Å²) in [5.74, 6) is 0. The van der Waals surface area contributed by atoms with E-state index >= 15 is 0 Å². The Morgan fingerprint density at radius 2 is 0.594 bits per heavy atom. The fourth-order valence-electron chi connectivity index (χ4n) is 3.63. The smallest absolute Gasteiger partial charge is 0.0431 e. The number of aliphatic hydroxyl groups is 2. The zero-order valence-electron chi connectivity index (χ0n) is 22.2. The van der Waals surface area contributed by atoms with Crippen LogP contribution in [0.15, 0.2) is 24.3 Å². The van der Waals surface area contributed by atoms with Gasteiger partial charge in [0.1, 0.15) is 0 Å². The van der Waals surface area contributed by atoms with Crippen LogP contribution in [-0.4, -0.2) is 23.4 Å². The highest BCUT2D eigenvalue weighted by atomic mass is 16.3. The maximum Gasteiger partial charge on any atom is 0.0431 e. The van der Waals surface area contributed by atoms with Crippen LogP contribution in [-0.2, 0) is 0 Å². The molecular weight excluding hydrogens is 392 g/mol. The molecule has 0 fully saturated rings. The van der Waals surface area contributed by atoms with Crippen LogP contribution in [0.4, 0.5) is 0 Å². The molecule has 32 heavy (non-hydrogen) atoms. The predicted octanol–water partition coefficient (Wildman–Crippen LogP) is 9.69. The first-order valence-electron chi connectivity index (χ1n) is 14.3. The molecule has 0 saturated carbocycles. The molecule has 2 N–H and O–H groups in total. The molecule has 0 rings (SSSR count). The van der Waals surface area contributed by atoms with Gasteiger partial charge in [-0.05, 0) is 51.4 Å². The largest absolute Gasteiger partial charge is 0.396 e. The summed E-state index contributed by atoms with van der Waals surface area (Å²) in [6, 6.07) is 0. The highest BCUT2D eigenvalue weighted by Crippen LogP contribution is 2.10. The lowest BCUT2D eigenvalue weighted by Gasteiger charge is -2.00. The standard InChI is InChI=1S/C16H32O.C14H28O/c1-2-3-4-5-6-7-8-9-10-11-12-13-14-15-16-17;1-2-3-4-5-6-7-8-9-10-11-12-13-14-15/h5-6,17H,2-4,7-16H2,1H3;5-6,15H,2-4,7-14H2,1H3. The van der Waals surface area contributed by atoms with E-state index in [4.69, 9.17) is 10.2 Å². The van der Waals surface area contributed by atoms with E-state index in [0.717, 1.165) is 12.8 Å². The van der Waals surface area contributed by atoms with Crippen LogP contribution >= 0.6 is 0 Å². The van der Waals surface area contributed by atoms with E-state index in [-0.39, 0.29) is 0 Å². The van der Waals surface area contributed by atoms with Gasteiger partial charge >= 0.3 is 0 Å². The number of allylic oxidation sites excluding steroid dienone is 4. The highest BCUT2D eigenvalue weighted by molar-refractivity contribution is 4.81. The predicted molar refractivity (Wildman–Crippen MR) is 145 cm³/mol. The second-order valence-corrected chi connectivity index (χ2v) is 9.20. The Balaban J connectivity index is 0. The van der Waals surface area contributed by atoms with Crippen LogP contribution in [0, 0.1) is 0 Å². The summed E-state index contributed by atoms with van der Waals surface area (Å²) in [4.78, 5) is 0. The van der Waals surface area contributed by atoms with Gasteiger partial charge in [-0.1, -0.05) is 128 Å². The minimum absolute atomic E-state index is 0.361. The Morgan fingerprint density at radius 3 is 0.875 bits per heavy atom. The van der Waals surface area contributed by atoms with Gasteiger partial charge in [-0.25, -0.2) is 0 Å². The van der Waals surface area contributed by atoms with E-state index in [1.165, 1.54) is 128 Å². The molecule has 0 heterocycles. The molecule has 2 heteroatoms. The Morgan fingerprint density at radius 1 is 0.344 bits per heavy atom. The van der Waals surface area contributed by atoms with Crippen LogP contribution in [0.5, 0.6) is 0 Å². The van der Waals surface area contributed by atoms with Gasteiger partial charge in [0.25, 0.3) is 0 Å². The first-order chi connectivity index (χ1) is 15.8. The van der Waals surface area contributed by atoms with Gasteiger partial charge in [-0.3, -0.25) is 0 Å². The third-order valence-electron chi connectivity index (χ3n) is 5.84. The van der Waals surface area contributed by atoms with Crippen LogP contribution in [0.2, 0.25) is 0 Å². The Bertz CT molecular complexity index is 349. The van der Waals surface area contributed by atoms with Crippen molar-refractivity contribution in [2.75, 3.05) is 13.2 Å². The summed E-state index contributed by atoms with van der Waals surface area (Å²) < 4.78 is 0. The molecule has 0 aromatic heterocycles. The molecule has 0 aromatic rings. The number of aliphatic hydroxyl groups excluding tert-OH is 2. The van der Waals surface area contributed by atoms with Crippen LogP contribution in [0.25, 0.3) is 0 Å². The van der Waals surface area contributed by atoms with Crippen LogP contribution < -0.4 is 0 Å². The minimum Gasteiger partial charge on any atom is -0.396 e. The molecule has 0 spiro atoms. The molecule has 0 aliphatic carbocycles. The molecule has 0 atom stereocenters. The topological polar surface area (TPSA) is 40.5 Å². The lowest BCUT2D eigenvalue weighted by atomic mass is 10.1. The first kappa shape index (κ1) is 33.6. The lowest BCUT2D eigenvalue weighted by molar-refractivity contribution is 0.282. The van der Waals surface area contributed by atoms with E-state index < -0.39 is 0 Å². The van der Waals surface area contributed by atoms with Crippen molar-refractivity contribution < 1.29 is 10.2 Å². The molecule has 0 unspecified atom stereocenters. The summed E-state index contributed by atoms with van der Waals surface area (Å²) in [5, 5.41) is 17.2. The summed E-state index contributed by atoms with van der Waals surface area (Å²) in [7, 11) is 0. The Hall–Kier alpha value is -0.600. The SMILES string of the molecule is CCCCC=CCCCCCCCCCCO.CCCCC=CCCCCCCCCO. The van der Waals surface area contributed by atoms with Crippen LogP contribution in [0.3, 0.4) is 0 Å². The second kappa shape index (κ2) is 35.0. The van der Waals surface area contributed by atoms with Gasteiger partial charge in [0, 0.05) is 13.2 Å². The quantitative estimate of drug-likeness (QED) is 0.113. The van der Waals surface area contributed by atoms with E-state index in [0.29, 0.717) is 13.2 Å². The average molecular weight is 453 g/mol. The maximum absolute atomic E-state index is 8.64. The molecule has 0 aliphatic heterocycles. The van der Waals surface area contributed by atoms with Crippen LogP contribution in [0.1, 0.15) is 155 Å². The highest BCUT2D eigenvalue weighted by Gasteiger charge is 1.91. The van der Waals surface area contributed by atoms with Gasteiger partial charge in [-0.2, -0.15) is 0 Å². The van der Waals surface area contributed by atoms with Gasteiger partial charge in [0.05, 0.1) is 0 Å². The molecule has 0 bridgehead atoms. The maximum atomic E-state index is 8.64. The summed E-state index contributed by atoms with van der Waals surface area (Å²) in [6.45, 7) is 5.21. The molecule has 0 saturated heterocycles. The van der Waals surface area contributed by atoms with E-state index in [9.17, 15) is 0 Å². The fourth-order valence-corrected chi connectivity index (χ4v) is 3.63. The zero-order valence-corrected chi connectivity index (χ0v) is 22.2. The Kier molecular flexibility index (Phi) is 36.7. The normalized spacial score (nSPS) is 11.4. The molecule has 0 aromatic carbocycles. The summed E-state index contributed by atoms with van der Waals surface area (Å²) in [5.41, 5.74) is 0. The molecule has 0 aliphatic rings. The van der Waals surface area contributed by atoms with Crippen molar-refractivity contribution in [2.24, 2.45) is 0 Å². The molecule has 192 valence electrons. The molecule has 2 nitrogen and oxygen atoms in total. The van der Waals surface area contributed by atoms with Gasteiger partial charge in [0.15, 0.2) is 0 Å². The zero-order chi connectivity index (χ0) is 23.8. The Labute approximate surface area is 203 Å². The summed E-state index contributed by atoms with van der Waals surface area (Å²) in [6.07, 6.45) is 37.6. The van der Waals surface area contributed by atoms with Crippen molar-refractivity contribution in [3.8, 4) is 0 Å². The third kappa shape index (κ3) is 36.8. The lowest BCUT2D eigenvalue weighted by Crippen LogP contribution is -1.84. The summed E-state index contributed by atoms with van der Waals surface area (Å²) >= 11 is 0. The van der Waals surface area contributed by atoms with Crippen molar-refractivity contribution in [2.45, 2.75) is 155 Å². The number of hydrogen-bond donors (Lipinski definition) is 2. The number of unbranched alkanes of at least 4 members (excludes halogenated alkanes) is 18. The van der Waals surface area contributed by atoms with E-state index in [1.54, 1.807) is 0 Å². The van der Waals surface area contributed by atoms with Crippen molar-refractivity contribution in [1.82, 2.24) is 0 Å². The van der Waals surface area contributed by atoms with Crippen molar-refractivity contribution in [3.05, 3.63) is 24.3 Å². The third-order valence-corrected chi connectivity index (χ3v) is 5.84. The van der Waals surface area contributed by atoms with Crippen molar-refractivity contribution in [3.63, 3.8) is 0 Å².